The zero-order valence-corrected chi connectivity index (χ0v) is 23.0. The monoisotopic (exact) mass is 521 g/mol. The van der Waals surface area contributed by atoms with Gasteiger partial charge in [0, 0.05) is 49.9 Å². The summed E-state index contributed by atoms with van der Waals surface area (Å²) in [6.07, 6.45) is 1.43. The van der Waals surface area contributed by atoms with Crippen molar-refractivity contribution in [3.63, 3.8) is 0 Å². The number of ether oxygens (including phenoxy) is 1. The van der Waals surface area contributed by atoms with E-state index >= 15 is 0 Å². The molecular formula is C26H35N9O3. The molecule has 0 saturated heterocycles. The number of hydrogen-bond donors (Lipinski definition) is 1. The van der Waals surface area contributed by atoms with Gasteiger partial charge in [-0.1, -0.05) is 13.8 Å². The number of hydrogen-bond acceptors (Lipinski definition) is 11. The van der Waals surface area contributed by atoms with E-state index in [1.807, 2.05) is 61.8 Å². The molecule has 12 heteroatoms. The van der Waals surface area contributed by atoms with Gasteiger partial charge in [-0.05, 0) is 40.1 Å². The topological polar surface area (TPSA) is 126 Å². The van der Waals surface area contributed by atoms with E-state index in [4.69, 9.17) is 9.72 Å². The van der Waals surface area contributed by atoms with Crippen LogP contribution in [0.15, 0.2) is 30.6 Å². The Morgan fingerprint density at radius 3 is 2.61 bits per heavy atom. The van der Waals surface area contributed by atoms with Gasteiger partial charge in [0.1, 0.15) is 17.8 Å². The number of nitrogens with one attached hydrogen (secondary N) is 1. The Bertz CT molecular complexity index is 1330. The second kappa shape index (κ2) is 10.7. The van der Waals surface area contributed by atoms with Gasteiger partial charge in [0.2, 0.25) is 11.9 Å². The highest BCUT2D eigenvalue weighted by Crippen LogP contribution is 2.43. The third kappa shape index (κ3) is 5.59. The Labute approximate surface area is 222 Å². The van der Waals surface area contributed by atoms with Crippen molar-refractivity contribution in [3.8, 4) is 5.75 Å². The standard InChI is InChI=1S/C26H35N9O3/c1-8-38-22-14-20(33(7)12-11-32(5)6)21(35(36)37)13-18(22)30-24-27-16-28-25(31-24)34-15-26(3,4)23-19(34)10-9-17(2)29-23/h9-10,13-14,16H,8,11-12,15H2,1-7H3,(H,27,28,30,31). The smallest absolute Gasteiger partial charge is 0.294 e. The summed E-state index contributed by atoms with van der Waals surface area (Å²) in [6.45, 7) is 10.5. The molecule has 0 bridgehead atoms. The molecule has 0 spiro atoms. The van der Waals surface area contributed by atoms with Crippen molar-refractivity contribution in [1.82, 2.24) is 24.8 Å². The van der Waals surface area contributed by atoms with Crippen molar-refractivity contribution in [2.45, 2.75) is 33.1 Å². The summed E-state index contributed by atoms with van der Waals surface area (Å²) in [6, 6.07) is 7.16. The molecule has 0 radical (unpaired) electrons. The van der Waals surface area contributed by atoms with Crippen molar-refractivity contribution in [1.29, 1.82) is 0 Å². The number of pyridine rings is 1. The number of rotatable bonds is 10. The van der Waals surface area contributed by atoms with Crippen molar-refractivity contribution >= 4 is 34.6 Å². The summed E-state index contributed by atoms with van der Waals surface area (Å²) < 4.78 is 5.86. The average molecular weight is 522 g/mol. The zero-order valence-electron chi connectivity index (χ0n) is 23.0. The maximum atomic E-state index is 12.0. The minimum atomic E-state index is -0.389. The van der Waals surface area contributed by atoms with Crippen LogP contribution in [0.2, 0.25) is 0 Å². The molecule has 12 nitrogen and oxygen atoms in total. The predicted octanol–water partition coefficient (Wildman–Crippen LogP) is 4.05. The number of nitrogens with zero attached hydrogens (tertiary/aromatic N) is 8. The van der Waals surface area contributed by atoms with E-state index in [-0.39, 0.29) is 22.0 Å². The molecule has 38 heavy (non-hydrogen) atoms. The lowest BCUT2D eigenvalue weighted by Crippen LogP contribution is -2.29. The predicted molar refractivity (Wildman–Crippen MR) is 148 cm³/mol. The van der Waals surface area contributed by atoms with Crippen molar-refractivity contribution in [3.05, 3.63) is 52.1 Å². The molecule has 0 atom stereocenters. The first kappa shape index (κ1) is 27.0. The van der Waals surface area contributed by atoms with E-state index in [0.717, 1.165) is 23.6 Å². The van der Waals surface area contributed by atoms with Gasteiger partial charge in [-0.2, -0.15) is 4.98 Å². The van der Waals surface area contributed by atoms with Gasteiger partial charge in [-0.25, -0.2) is 9.97 Å². The summed E-state index contributed by atoms with van der Waals surface area (Å²) >= 11 is 0. The van der Waals surface area contributed by atoms with Crippen molar-refractivity contribution in [2.24, 2.45) is 0 Å². The SMILES string of the molecule is CCOc1cc(N(C)CCN(C)C)c([N+](=O)[O-])cc1Nc1ncnc(N2CC(C)(C)c3nc(C)ccc32)n1. The minimum absolute atomic E-state index is 0.0387. The fraction of sp³-hybridized carbons (Fsp3) is 0.462. The van der Waals surface area contributed by atoms with Crippen LogP contribution in [0.25, 0.3) is 0 Å². The fourth-order valence-electron chi connectivity index (χ4n) is 4.45. The highest BCUT2D eigenvalue weighted by Gasteiger charge is 2.38. The maximum absolute atomic E-state index is 12.0. The number of benzene rings is 1. The van der Waals surface area contributed by atoms with E-state index in [0.29, 0.717) is 42.8 Å². The summed E-state index contributed by atoms with van der Waals surface area (Å²) in [4.78, 5) is 35.6. The van der Waals surface area contributed by atoms with Gasteiger partial charge in [-0.3, -0.25) is 15.1 Å². The van der Waals surface area contributed by atoms with Crippen LogP contribution < -0.4 is 19.9 Å². The zero-order chi connectivity index (χ0) is 27.6. The van der Waals surface area contributed by atoms with Crippen LogP contribution in [0, 0.1) is 17.0 Å². The number of likely N-dealkylation sites (N-methyl/N-ethyl adjacent to an activating group) is 2. The molecule has 0 saturated carbocycles. The van der Waals surface area contributed by atoms with Gasteiger partial charge in [0.25, 0.3) is 5.69 Å². The molecular weight excluding hydrogens is 486 g/mol. The average Bonchev–Trinajstić information content (AvgIpc) is 3.13. The Hall–Kier alpha value is -4.06. The summed E-state index contributed by atoms with van der Waals surface area (Å²) in [7, 11) is 5.75. The summed E-state index contributed by atoms with van der Waals surface area (Å²) in [5.74, 6) is 1.19. The molecule has 1 aliphatic rings. The summed E-state index contributed by atoms with van der Waals surface area (Å²) in [5, 5.41) is 15.1. The normalized spacial score (nSPS) is 13.9. The van der Waals surface area contributed by atoms with Crippen LogP contribution >= 0.6 is 0 Å². The molecule has 1 N–H and O–H groups in total. The lowest BCUT2D eigenvalue weighted by Gasteiger charge is -2.23. The van der Waals surface area contributed by atoms with E-state index < -0.39 is 0 Å². The van der Waals surface area contributed by atoms with E-state index in [9.17, 15) is 10.1 Å². The third-order valence-electron chi connectivity index (χ3n) is 6.41. The van der Waals surface area contributed by atoms with Gasteiger partial charge in [0.05, 0.1) is 28.6 Å². The van der Waals surface area contributed by atoms with E-state index in [1.54, 1.807) is 6.07 Å². The van der Waals surface area contributed by atoms with Crippen LogP contribution in [-0.2, 0) is 5.41 Å². The van der Waals surface area contributed by atoms with Crippen LogP contribution in [-0.4, -0.2) is 77.1 Å². The largest absolute Gasteiger partial charge is 0.492 e. The number of aryl methyl sites for hydroxylation is 1. The maximum Gasteiger partial charge on any atom is 0.294 e. The third-order valence-corrected chi connectivity index (χ3v) is 6.41. The first-order valence-electron chi connectivity index (χ1n) is 12.5. The van der Waals surface area contributed by atoms with Crippen molar-refractivity contribution in [2.75, 3.05) is 62.5 Å². The Morgan fingerprint density at radius 1 is 1.16 bits per heavy atom. The highest BCUT2D eigenvalue weighted by atomic mass is 16.6. The molecule has 4 rings (SSSR count). The van der Waals surface area contributed by atoms with Crippen molar-refractivity contribution < 1.29 is 9.66 Å². The molecule has 0 unspecified atom stereocenters. The van der Waals surface area contributed by atoms with Gasteiger partial charge in [0.15, 0.2) is 0 Å². The van der Waals surface area contributed by atoms with E-state index in [2.05, 4.69) is 34.1 Å². The highest BCUT2D eigenvalue weighted by molar-refractivity contribution is 5.77. The Morgan fingerprint density at radius 2 is 1.92 bits per heavy atom. The lowest BCUT2D eigenvalue weighted by atomic mass is 9.91. The van der Waals surface area contributed by atoms with Gasteiger partial charge in [-0.15, -0.1) is 0 Å². The number of nitro benzene ring substituents is 1. The van der Waals surface area contributed by atoms with Crippen LogP contribution in [0.1, 0.15) is 32.2 Å². The minimum Gasteiger partial charge on any atom is -0.492 e. The lowest BCUT2D eigenvalue weighted by molar-refractivity contribution is -0.384. The molecule has 3 heterocycles. The molecule has 0 fully saturated rings. The van der Waals surface area contributed by atoms with Crippen LogP contribution in [0.5, 0.6) is 5.75 Å². The molecule has 3 aromatic rings. The fourth-order valence-corrected chi connectivity index (χ4v) is 4.45. The van der Waals surface area contributed by atoms with Gasteiger partial charge >= 0.3 is 0 Å². The number of aromatic nitrogens is 4. The molecule has 0 aliphatic carbocycles. The molecule has 2 aromatic heterocycles. The molecule has 0 amide bonds. The molecule has 202 valence electrons. The Balaban J connectivity index is 1.68. The van der Waals surface area contributed by atoms with E-state index in [1.165, 1.54) is 12.4 Å². The second-order valence-corrected chi connectivity index (χ2v) is 10.3. The summed E-state index contributed by atoms with van der Waals surface area (Å²) in [5.41, 5.74) is 3.56. The quantitative estimate of drug-likeness (QED) is 0.307. The number of anilines is 5. The first-order chi connectivity index (χ1) is 18.0. The second-order valence-electron chi connectivity index (χ2n) is 10.3. The van der Waals surface area contributed by atoms with Crippen LogP contribution in [0.3, 0.4) is 0 Å². The van der Waals surface area contributed by atoms with Gasteiger partial charge < -0.3 is 24.8 Å². The molecule has 1 aromatic carbocycles. The van der Waals surface area contributed by atoms with Crippen LogP contribution in [0.4, 0.5) is 34.6 Å². The number of nitro groups is 1. The first-order valence-corrected chi connectivity index (χ1v) is 12.5. The Kier molecular flexibility index (Phi) is 7.63. The molecule has 1 aliphatic heterocycles. The number of fused-ring (bicyclic) bond motifs is 1.